The van der Waals surface area contributed by atoms with Gasteiger partial charge in [-0.2, -0.15) is 0 Å². The summed E-state index contributed by atoms with van der Waals surface area (Å²) in [5, 5.41) is 0. The van der Waals surface area contributed by atoms with E-state index in [4.69, 9.17) is 4.74 Å². The van der Waals surface area contributed by atoms with Gasteiger partial charge in [-0.1, -0.05) is 17.7 Å². The van der Waals surface area contributed by atoms with E-state index in [2.05, 4.69) is 20.9 Å². The third-order valence-electron chi connectivity index (χ3n) is 3.28. The number of aromatic nitrogens is 2. The van der Waals surface area contributed by atoms with Crippen molar-refractivity contribution in [2.24, 2.45) is 0 Å². The van der Waals surface area contributed by atoms with Gasteiger partial charge in [-0.25, -0.2) is 9.78 Å². The van der Waals surface area contributed by atoms with E-state index in [1.54, 1.807) is 36.5 Å². The van der Waals surface area contributed by atoms with Crippen LogP contribution in [0.1, 0.15) is 21.6 Å². The minimum atomic E-state index is -0.438. The molecule has 0 saturated carbocycles. The van der Waals surface area contributed by atoms with Gasteiger partial charge in [0.2, 0.25) is 0 Å². The van der Waals surface area contributed by atoms with Gasteiger partial charge in [-0.3, -0.25) is 9.20 Å². The summed E-state index contributed by atoms with van der Waals surface area (Å²) >= 11 is 3.31. The van der Waals surface area contributed by atoms with Gasteiger partial charge in [-0.05, 0) is 47.1 Å². The first-order valence-corrected chi connectivity index (χ1v) is 7.74. The number of hydrogen-bond donors (Lipinski definition) is 0. The van der Waals surface area contributed by atoms with Crippen molar-refractivity contribution >= 4 is 27.5 Å². The van der Waals surface area contributed by atoms with Crippen LogP contribution in [0.2, 0.25) is 0 Å². The third-order valence-corrected chi connectivity index (χ3v) is 3.75. The monoisotopic (exact) mass is 372 g/mol. The maximum Gasteiger partial charge on any atom is 0.338 e. The number of carbonyl (C=O) groups excluding carboxylic acids is 1. The van der Waals surface area contributed by atoms with Crippen molar-refractivity contribution < 1.29 is 9.53 Å². The van der Waals surface area contributed by atoms with Crippen LogP contribution >= 0.6 is 15.9 Å². The molecule has 2 heterocycles. The van der Waals surface area contributed by atoms with E-state index in [-0.39, 0.29) is 12.2 Å². The molecule has 0 atom stereocenters. The molecule has 0 bridgehead atoms. The zero-order valence-corrected chi connectivity index (χ0v) is 13.9. The smallest absolute Gasteiger partial charge is 0.338 e. The Morgan fingerprint density at radius 1 is 1.26 bits per heavy atom. The Balaban J connectivity index is 1.81. The van der Waals surface area contributed by atoms with E-state index in [0.29, 0.717) is 16.9 Å². The average molecular weight is 373 g/mol. The number of aryl methyl sites for hydroxylation is 1. The van der Waals surface area contributed by atoms with Crippen molar-refractivity contribution in [2.45, 2.75) is 13.5 Å². The third kappa shape index (κ3) is 3.48. The molecular formula is C17H13BrN2O3. The summed E-state index contributed by atoms with van der Waals surface area (Å²) in [5.74, 6) is -0.438. The molecule has 0 spiro atoms. The van der Waals surface area contributed by atoms with E-state index in [1.807, 2.05) is 13.0 Å². The van der Waals surface area contributed by atoms with E-state index in [1.165, 1.54) is 10.5 Å². The maximum absolute atomic E-state index is 12.1. The highest BCUT2D eigenvalue weighted by molar-refractivity contribution is 9.10. The number of pyridine rings is 1. The minimum absolute atomic E-state index is 0.0470. The highest BCUT2D eigenvalue weighted by Crippen LogP contribution is 2.11. The molecule has 0 aliphatic heterocycles. The molecule has 0 aliphatic rings. The maximum atomic E-state index is 12.1. The summed E-state index contributed by atoms with van der Waals surface area (Å²) in [4.78, 5) is 28.4. The largest absolute Gasteiger partial charge is 0.456 e. The van der Waals surface area contributed by atoms with Crippen LogP contribution in [0, 0.1) is 6.92 Å². The lowest BCUT2D eigenvalue weighted by Gasteiger charge is -2.07. The first-order chi connectivity index (χ1) is 11.0. The predicted octanol–water partition coefficient (Wildman–Crippen LogP) is 3.12. The molecule has 3 rings (SSSR count). The molecule has 0 aliphatic carbocycles. The van der Waals surface area contributed by atoms with Crippen LogP contribution < -0.4 is 5.56 Å². The molecule has 23 heavy (non-hydrogen) atoms. The quantitative estimate of drug-likeness (QED) is 0.662. The summed E-state index contributed by atoms with van der Waals surface area (Å²) in [7, 11) is 0. The summed E-state index contributed by atoms with van der Waals surface area (Å²) < 4.78 is 7.45. The van der Waals surface area contributed by atoms with Gasteiger partial charge < -0.3 is 4.74 Å². The zero-order chi connectivity index (χ0) is 16.4. The number of rotatable bonds is 3. The van der Waals surface area contributed by atoms with Crippen molar-refractivity contribution in [1.29, 1.82) is 0 Å². The van der Waals surface area contributed by atoms with Crippen LogP contribution in [-0.2, 0) is 11.3 Å². The second-order valence-corrected chi connectivity index (χ2v) is 6.02. The Bertz CT molecular complexity index is 950. The number of esters is 1. The van der Waals surface area contributed by atoms with Crippen molar-refractivity contribution in [3.8, 4) is 0 Å². The lowest BCUT2D eigenvalue weighted by molar-refractivity contribution is 0.0467. The topological polar surface area (TPSA) is 60.7 Å². The number of ether oxygens (including phenoxy) is 1. The number of carbonyl (C=O) groups is 1. The Labute approximate surface area is 140 Å². The van der Waals surface area contributed by atoms with Crippen molar-refractivity contribution in [3.63, 3.8) is 0 Å². The fourth-order valence-corrected chi connectivity index (χ4v) is 2.53. The van der Waals surface area contributed by atoms with E-state index in [0.717, 1.165) is 10.0 Å². The molecular weight excluding hydrogens is 360 g/mol. The van der Waals surface area contributed by atoms with Gasteiger partial charge >= 0.3 is 5.97 Å². The lowest BCUT2D eigenvalue weighted by atomic mass is 10.1. The first kappa shape index (κ1) is 15.4. The zero-order valence-electron chi connectivity index (χ0n) is 12.3. The summed E-state index contributed by atoms with van der Waals surface area (Å²) in [6, 6.07) is 12.0. The van der Waals surface area contributed by atoms with E-state index in [9.17, 15) is 9.59 Å². The number of halogens is 1. The SMILES string of the molecule is Cc1cccc(C(=O)OCc2cc(=O)n3cc(Br)ccc3n2)c1. The standard InChI is InChI=1S/C17H13BrN2O3/c1-11-3-2-4-12(7-11)17(22)23-10-14-8-16(21)20-9-13(18)5-6-15(20)19-14/h2-9H,10H2,1H3. The summed E-state index contributed by atoms with van der Waals surface area (Å²) in [6.07, 6.45) is 1.65. The molecule has 0 radical (unpaired) electrons. The number of nitrogens with zero attached hydrogens (tertiary/aromatic N) is 2. The molecule has 0 fully saturated rings. The van der Waals surface area contributed by atoms with Crippen LogP contribution in [0.5, 0.6) is 0 Å². The van der Waals surface area contributed by atoms with Crippen molar-refractivity contribution in [3.05, 3.63) is 80.3 Å². The average Bonchev–Trinajstić information content (AvgIpc) is 2.53. The van der Waals surface area contributed by atoms with Crippen molar-refractivity contribution in [2.75, 3.05) is 0 Å². The number of hydrogen-bond acceptors (Lipinski definition) is 4. The van der Waals surface area contributed by atoms with Crippen LogP contribution in [-0.4, -0.2) is 15.4 Å². The Kier molecular flexibility index (Phi) is 4.25. The van der Waals surface area contributed by atoms with Crippen LogP contribution in [0.15, 0.2) is 57.9 Å². The molecule has 2 aromatic heterocycles. The lowest BCUT2D eigenvalue weighted by Crippen LogP contribution is -2.16. The first-order valence-electron chi connectivity index (χ1n) is 6.94. The molecule has 6 heteroatoms. The molecule has 5 nitrogen and oxygen atoms in total. The molecule has 0 unspecified atom stereocenters. The van der Waals surface area contributed by atoms with Gasteiger partial charge in [0, 0.05) is 16.7 Å². The Morgan fingerprint density at radius 3 is 2.87 bits per heavy atom. The highest BCUT2D eigenvalue weighted by Gasteiger charge is 2.09. The molecule has 116 valence electrons. The van der Waals surface area contributed by atoms with Crippen LogP contribution in [0.3, 0.4) is 0 Å². The molecule has 1 aromatic carbocycles. The van der Waals surface area contributed by atoms with E-state index < -0.39 is 5.97 Å². The molecule has 0 amide bonds. The molecule has 3 aromatic rings. The van der Waals surface area contributed by atoms with Gasteiger partial charge in [0.15, 0.2) is 0 Å². The normalized spacial score (nSPS) is 10.7. The van der Waals surface area contributed by atoms with Crippen LogP contribution in [0.4, 0.5) is 0 Å². The van der Waals surface area contributed by atoms with Gasteiger partial charge in [0.05, 0.1) is 11.3 Å². The number of benzene rings is 1. The second kappa shape index (κ2) is 6.34. The van der Waals surface area contributed by atoms with E-state index >= 15 is 0 Å². The van der Waals surface area contributed by atoms with Crippen molar-refractivity contribution in [1.82, 2.24) is 9.38 Å². The summed E-state index contributed by atoms with van der Waals surface area (Å²) in [5.41, 5.74) is 2.15. The second-order valence-electron chi connectivity index (χ2n) is 5.11. The molecule has 0 saturated heterocycles. The number of fused-ring (bicyclic) bond motifs is 1. The predicted molar refractivity (Wildman–Crippen MR) is 89.5 cm³/mol. The van der Waals surface area contributed by atoms with Gasteiger partial charge in [0.1, 0.15) is 12.3 Å². The highest BCUT2D eigenvalue weighted by atomic mass is 79.9. The fourth-order valence-electron chi connectivity index (χ4n) is 2.19. The Morgan fingerprint density at radius 2 is 2.09 bits per heavy atom. The van der Waals surface area contributed by atoms with Gasteiger partial charge in [0.25, 0.3) is 5.56 Å². The van der Waals surface area contributed by atoms with Gasteiger partial charge in [-0.15, -0.1) is 0 Å². The summed E-state index contributed by atoms with van der Waals surface area (Å²) in [6.45, 7) is 1.86. The fraction of sp³-hybridized carbons (Fsp3) is 0.118. The molecule has 0 N–H and O–H groups in total. The van der Waals surface area contributed by atoms with Crippen LogP contribution in [0.25, 0.3) is 5.65 Å². The Hall–Kier alpha value is -2.47. The minimum Gasteiger partial charge on any atom is -0.456 e.